The minimum atomic E-state index is -1.71. The van der Waals surface area contributed by atoms with Crippen molar-refractivity contribution in [3.8, 4) is 0 Å². The van der Waals surface area contributed by atoms with Crippen molar-refractivity contribution in [3.05, 3.63) is 0 Å². The third kappa shape index (κ3) is 10.3. The number of primary amides is 3. The molecule has 32 heavy (non-hydrogen) atoms. The van der Waals surface area contributed by atoms with Gasteiger partial charge in [0, 0.05) is 0 Å². The molecule has 0 aromatic rings. The lowest BCUT2D eigenvalue weighted by Crippen LogP contribution is -2.59. The van der Waals surface area contributed by atoms with Gasteiger partial charge in [-0.15, -0.1) is 0 Å². The van der Waals surface area contributed by atoms with Crippen LogP contribution in [-0.2, 0) is 33.6 Å². The van der Waals surface area contributed by atoms with Crippen molar-refractivity contribution in [2.24, 2.45) is 28.9 Å². The Labute approximate surface area is 183 Å². The lowest BCUT2D eigenvalue weighted by molar-refractivity contribution is -0.144. The van der Waals surface area contributed by atoms with Gasteiger partial charge >= 0.3 is 5.97 Å². The van der Waals surface area contributed by atoms with Crippen molar-refractivity contribution < 1.29 is 38.7 Å². The Morgan fingerprint density at radius 2 is 1.12 bits per heavy atom. The molecule has 6 amide bonds. The summed E-state index contributed by atoms with van der Waals surface area (Å²) in [6.45, 7) is 3.11. The van der Waals surface area contributed by atoms with E-state index in [1.54, 1.807) is 13.8 Å². The number of aliphatic carboxylic acids is 1. The molecule has 4 unspecified atom stereocenters. The van der Waals surface area contributed by atoms with Crippen LogP contribution >= 0.6 is 0 Å². The Bertz CT molecular complexity index is 770. The number of hydrogen-bond acceptors (Lipinski definition) is 8. The molecule has 0 fully saturated rings. The third-order valence-electron chi connectivity index (χ3n) is 4.06. The van der Waals surface area contributed by atoms with Crippen LogP contribution in [0.1, 0.15) is 33.1 Å². The van der Waals surface area contributed by atoms with Crippen LogP contribution in [0, 0.1) is 5.92 Å². The maximum absolute atomic E-state index is 12.7. The molecule has 0 radical (unpaired) electrons. The number of carboxylic acid groups (broad SMARTS) is 1. The molecular formula is C17H29N7O8. The first kappa shape index (κ1) is 28.2. The fraction of sp³-hybridized carbons (Fsp3) is 0.588. The lowest BCUT2D eigenvalue weighted by atomic mass is 10.0. The van der Waals surface area contributed by atoms with Crippen LogP contribution in [0.5, 0.6) is 0 Å². The minimum absolute atomic E-state index is 0.471. The first-order valence-corrected chi connectivity index (χ1v) is 9.40. The van der Waals surface area contributed by atoms with Gasteiger partial charge in [0.25, 0.3) is 0 Å². The van der Waals surface area contributed by atoms with Crippen LogP contribution in [0.15, 0.2) is 0 Å². The first-order chi connectivity index (χ1) is 14.6. The van der Waals surface area contributed by atoms with Crippen molar-refractivity contribution in [2.45, 2.75) is 57.3 Å². The Morgan fingerprint density at radius 1 is 0.688 bits per heavy atom. The van der Waals surface area contributed by atoms with Gasteiger partial charge in [-0.05, 0) is 5.92 Å². The molecule has 0 saturated heterocycles. The Kier molecular flexibility index (Phi) is 11.3. The molecule has 15 heteroatoms. The SMILES string of the molecule is CC(C)C(NC(=O)C(N)CC(N)=O)C(=O)NC(CC(N)=O)C(=O)NC(CC(N)=O)C(=O)O. The maximum atomic E-state index is 12.7. The predicted octanol–water partition coefficient (Wildman–Crippen LogP) is -4.87. The molecule has 0 rings (SSSR count). The van der Waals surface area contributed by atoms with E-state index in [0.717, 1.165) is 0 Å². The van der Waals surface area contributed by atoms with E-state index in [-0.39, 0.29) is 0 Å². The van der Waals surface area contributed by atoms with E-state index in [0.29, 0.717) is 0 Å². The highest BCUT2D eigenvalue weighted by atomic mass is 16.4. The zero-order valence-corrected chi connectivity index (χ0v) is 17.6. The molecule has 0 bridgehead atoms. The summed E-state index contributed by atoms with van der Waals surface area (Å²) >= 11 is 0. The number of carbonyl (C=O) groups excluding carboxylic acids is 6. The molecule has 0 aromatic carbocycles. The van der Waals surface area contributed by atoms with Crippen LogP contribution in [0.4, 0.5) is 0 Å². The number of rotatable bonds is 14. The highest BCUT2D eigenvalue weighted by molar-refractivity contribution is 5.97. The summed E-state index contributed by atoms with van der Waals surface area (Å²) in [5.74, 6) is -7.84. The summed E-state index contributed by atoms with van der Waals surface area (Å²) in [5, 5.41) is 15.6. The van der Waals surface area contributed by atoms with Crippen molar-refractivity contribution in [1.29, 1.82) is 0 Å². The summed E-state index contributed by atoms with van der Waals surface area (Å²) in [7, 11) is 0. The number of hydrogen-bond donors (Lipinski definition) is 8. The van der Waals surface area contributed by atoms with Crippen molar-refractivity contribution in [2.75, 3.05) is 0 Å². The van der Waals surface area contributed by atoms with E-state index in [9.17, 15) is 33.6 Å². The van der Waals surface area contributed by atoms with Gasteiger partial charge in [0.2, 0.25) is 35.4 Å². The van der Waals surface area contributed by atoms with Crippen LogP contribution in [0.25, 0.3) is 0 Å². The zero-order valence-electron chi connectivity index (χ0n) is 17.6. The van der Waals surface area contributed by atoms with E-state index < -0.39 is 90.8 Å². The largest absolute Gasteiger partial charge is 0.480 e. The van der Waals surface area contributed by atoms with Gasteiger partial charge in [0.1, 0.15) is 18.1 Å². The van der Waals surface area contributed by atoms with Gasteiger partial charge < -0.3 is 44.0 Å². The van der Waals surface area contributed by atoms with Gasteiger partial charge in [-0.2, -0.15) is 0 Å². The highest BCUT2D eigenvalue weighted by Gasteiger charge is 2.33. The van der Waals surface area contributed by atoms with Gasteiger partial charge in [-0.1, -0.05) is 13.8 Å². The zero-order chi connectivity index (χ0) is 25.2. The number of carbonyl (C=O) groups is 7. The smallest absolute Gasteiger partial charge is 0.326 e. The number of nitrogens with two attached hydrogens (primary N) is 4. The standard InChI is InChI=1S/C17H29N7O8/c1-6(2)13(24-14(28)7(18)3-10(19)25)16(30)22-8(4-11(20)26)15(29)23-9(17(31)32)5-12(21)27/h6-9,13H,3-5,18H2,1-2H3,(H2,19,25)(H2,20,26)(H2,21,27)(H,22,30)(H,23,29)(H,24,28)(H,31,32). The van der Waals surface area contributed by atoms with Gasteiger partial charge in [0.05, 0.1) is 25.3 Å². The summed E-state index contributed by atoms with van der Waals surface area (Å²) in [4.78, 5) is 81.7. The van der Waals surface area contributed by atoms with Crippen LogP contribution in [-0.4, -0.2) is 70.7 Å². The minimum Gasteiger partial charge on any atom is -0.480 e. The molecule has 0 aliphatic carbocycles. The first-order valence-electron chi connectivity index (χ1n) is 9.40. The van der Waals surface area contributed by atoms with Crippen LogP contribution in [0.3, 0.4) is 0 Å². The molecule has 180 valence electrons. The molecule has 0 spiro atoms. The summed E-state index contributed by atoms with van der Waals surface area (Å²) in [5.41, 5.74) is 20.6. The molecule has 0 aliphatic heterocycles. The molecule has 4 atom stereocenters. The van der Waals surface area contributed by atoms with Crippen molar-refractivity contribution >= 4 is 41.4 Å². The second-order valence-electron chi connectivity index (χ2n) is 7.31. The second kappa shape index (κ2) is 12.8. The third-order valence-corrected chi connectivity index (χ3v) is 4.06. The number of amides is 6. The monoisotopic (exact) mass is 459 g/mol. The summed E-state index contributed by atoms with van der Waals surface area (Å²) in [6.07, 6.45) is -1.91. The van der Waals surface area contributed by atoms with Crippen LogP contribution in [0.2, 0.25) is 0 Å². The van der Waals surface area contributed by atoms with Gasteiger partial charge in [-0.3, -0.25) is 28.8 Å². The lowest BCUT2D eigenvalue weighted by Gasteiger charge is -2.26. The average molecular weight is 459 g/mol. The highest BCUT2D eigenvalue weighted by Crippen LogP contribution is 2.05. The van der Waals surface area contributed by atoms with Crippen LogP contribution < -0.4 is 38.9 Å². The average Bonchev–Trinajstić information content (AvgIpc) is 2.62. The fourth-order valence-corrected chi connectivity index (χ4v) is 2.45. The van der Waals surface area contributed by atoms with Crippen molar-refractivity contribution in [3.63, 3.8) is 0 Å². The molecular weight excluding hydrogens is 430 g/mol. The van der Waals surface area contributed by atoms with Crippen molar-refractivity contribution in [1.82, 2.24) is 16.0 Å². The Hall–Kier alpha value is -3.75. The number of nitrogens with one attached hydrogen (secondary N) is 3. The maximum Gasteiger partial charge on any atom is 0.326 e. The topological polar surface area (TPSA) is 280 Å². The van der Waals surface area contributed by atoms with Gasteiger partial charge in [-0.25, -0.2) is 4.79 Å². The molecule has 0 aliphatic rings. The summed E-state index contributed by atoms with van der Waals surface area (Å²) < 4.78 is 0. The number of carboxylic acids is 1. The van der Waals surface area contributed by atoms with E-state index in [2.05, 4.69) is 10.6 Å². The molecule has 0 saturated carbocycles. The fourth-order valence-electron chi connectivity index (χ4n) is 2.45. The quantitative estimate of drug-likeness (QED) is 0.123. The predicted molar refractivity (Wildman–Crippen MR) is 108 cm³/mol. The molecule has 0 heterocycles. The summed E-state index contributed by atoms with van der Waals surface area (Å²) in [6, 6.07) is -5.89. The Morgan fingerprint density at radius 3 is 1.53 bits per heavy atom. The molecule has 15 nitrogen and oxygen atoms in total. The second-order valence-corrected chi connectivity index (χ2v) is 7.31. The normalized spacial score (nSPS) is 14.4. The van der Waals surface area contributed by atoms with E-state index in [4.69, 9.17) is 28.0 Å². The molecule has 0 aromatic heterocycles. The Balaban J connectivity index is 5.49. The van der Waals surface area contributed by atoms with E-state index in [1.165, 1.54) is 0 Å². The molecule has 12 N–H and O–H groups in total. The van der Waals surface area contributed by atoms with Gasteiger partial charge in [0.15, 0.2) is 0 Å². The van der Waals surface area contributed by atoms with E-state index in [1.807, 2.05) is 5.32 Å². The van der Waals surface area contributed by atoms with E-state index >= 15 is 0 Å².